The summed E-state index contributed by atoms with van der Waals surface area (Å²) in [5.41, 5.74) is 6.00. The number of aryl methyl sites for hydroxylation is 1. The molecule has 26 heavy (non-hydrogen) atoms. The first-order valence-electron chi connectivity index (χ1n) is 8.30. The Bertz CT molecular complexity index is 763. The Morgan fingerprint density at radius 1 is 1.31 bits per heavy atom. The summed E-state index contributed by atoms with van der Waals surface area (Å²) >= 11 is 1.30. The van der Waals surface area contributed by atoms with Crippen LogP contribution in [0.4, 0.5) is 4.39 Å². The van der Waals surface area contributed by atoms with Crippen LogP contribution in [0.25, 0.3) is 0 Å². The highest BCUT2D eigenvalue weighted by Gasteiger charge is 2.19. The Hall–Kier alpha value is -2.42. The Kier molecular flexibility index (Phi) is 7.14. The number of hydrogen-bond donors (Lipinski definition) is 2. The van der Waals surface area contributed by atoms with Gasteiger partial charge in [-0.2, -0.15) is 0 Å². The second-order valence-electron chi connectivity index (χ2n) is 5.71. The van der Waals surface area contributed by atoms with Gasteiger partial charge in [0.05, 0.1) is 5.25 Å². The van der Waals surface area contributed by atoms with Gasteiger partial charge in [0.2, 0.25) is 11.8 Å². The maximum absolute atomic E-state index is 12.9. The number of aromatic nitrogens is 3. The van der Waals surface area contributed by atoms with E-state index in [0.717, 1.165) is 5.56 Å². The van der Waals surface area contributed by atoms with Crippen LogP contribution in [-0.4, -0.2) is 31.8 Å². The van der Waals surface area contributed by atoms with Gasteiger partial charge in [0.25, 0.3) is 0 Å². The van der Waals surface area contributed by atoms with Crippen LogP contribution in [0, 0.1) is 5.82 Å². The van der Waals surface area contributed by atoms with Gasteiger partial charge in [-0.05, 0) is 31.5 Å². The van der Waals surface area contributed by atoms with E-state index in [1.54, 1.807) is 19.1 Å². The van der Waals surface area contributed by atoms with Gasteiger partial charge in [-0.1, -0.05) is 23.9 Å². The van der Waals surface area contributed by atoms with Crippen LogP contribution in [0.3, 0.4) is 0 Å². The van der Waals surface area contributed by atoms with Crippen molar-refractivity contribution in [1.29, 1.82) is 0 Å². The number of benzene rings is 1. The van der Waals surface area contributed by atoms with Gasteiger partial charge in [-0.3, -0.25) is 9.59 Å². The molecule has 0 bridgehead atoms. The predicted molar refractivity (Wildman–Crippen MR) is 96.8 cm³/mol. The number of rotatable bonds is 9. The highest BCUT2D eigenvalue weighted by atomic mass is 32.2. The lowest BCUT2D eigenvalue weighted by Crippen LogP contribution is -2.30. The molecule has 2 aromatic rings. The average Bonchev–Trinajstić information content (AvgIpc) is 3.00. The molecule has 3 N–H and O–H groups in total. The number of carbonyl (C=O) groups is 2. The predicted octanol–water partition coefficient (Wildman–Crippen LogP) is 1.65. The SMILES string of the molecule is CCn1c(CCC(N)=O)nnc1S[C@@H](C)C(=O)NCc1ccc(F)cc1. The zero-order chi connectivity index (χ0) is 19.1. The summed E-state index contributed by atoms with van der Waals surface area (Å²) in [6.45, 7) is 4.69. The molecule has 2 rings (SSSR count). The lowest BCUT2D eigenvalue weighted by molar-refractivity contribution is -0.120. The van der Waals surface area contributed by atoms with Crippen molar-refractivity contribution in [3.05, 3.63) is 41.5 Å². The number of thioether (sulfide) groups is 1. The molecule has 1 atom stereocenters. The van der Waals surface area contributed by atoms with Crippen molar-refractivity contribution >= 4 is 23.6 Å². The van der Waals surface area contributed by atoms with E-state index in [1.165, 1.54) is 23.9 Å². The quantitative estimate of drug-likeness (QED) is 0.645. The van der Waals surface area contributed by atoms with E-state index in [1.807, 2.05) is 11.5 Å². The van der Waals surface area contributed by atoms with Gasteiger partial charge in [0.15, 0.2) is 5.16 Å². The van der Waals surface area contributed by atoms with Crippen molar-refractivity contribution < 1.29 is 14.0 Å². The third-order valence-electron chi connectivity index (χ3n) is 3.74. The van der Waals surface area contributed by atoms with Crippen molar-refractivity contribution in [3.8, 4) is 0 Å². The fourth-order valence-electron chi connectivity index (χ4n) is 2.29. The molecule has 0 unspecified atom stereocenters. The summed E-state index contributed by atoms with van der Waals surface area (Å²) in [5.74, 6) is -0.176. The summed E-state index contributed by atoms with van der Waals surface area (Å²) in [4.78, 5) is 23.2. The summed E-state index contributed by atoms with van der Waals surface area (Å²) in [6, 6.07) is 5.98. The Balaban J connectivity index is 1.93. The number of nitrogens with zero attached hydrogens (tertiary/aromatic N) is 3. The lowest BCUT2D eigenvalue weighted by atomic mass is 10.2. The maximum atomic E-state index is 12.9. The summed E-state index contributed by atoms with van der Waals surface area (Å²) in [5, 5.41) is 11.3. The average molecular weight is 379 g/mol. The van der Waals surface area contributed by atoms with Gasteiger partial charge in [0, 0.05) is 25.9 Å². The van der Waals surface area contributed by atoms with E-state index in [2.05, 4.69) is 15.5 Å². The minimum Gasteiger partial charge on any atom is -0.370 e. The van der Waals surface area contributed by atoms with Gasteiger partial charge in [-0.15, -0.1) is 10.2 Å². The van der Waals surface area contributed by atoms with Gasteiger partial charge in [-0.25, -0.2) is 4.39 Å². The molecular formula is C17H22FN5O2S. The Morgan fingerprint density at radius 2 is 2.00 bits per heavy atom. The molecule has 140 valence electrons. The summed E-state index contributed by atoms with van der Waals surface area (Å²) in [7, 11) is 0. The monoisotopic (exact) mass is 379 g/mol. The van der Waals surface area contributed by atoms with E-state index in [-0.39, 0.29) is 23.4 Å². The van der Waals surface area contributed by atoms with Gasteiger partial charge < -0.3 is 15.6 Å². The van der Waals surface area contributed by atoms with Crippen molar-refractivity contribution in [1.82, 2.24) is 20.1 Å². The first-order chi connectivity index (χ1) is 12.4. The van der Waals surface area contributed by atoms with E-state index in [4.69, 9.17) is 5.73 Å². The third kappa shape index (κ3) is 5.55. The molecule has 0 saturated carbocycles. The van der Waals surface area contributed by atoms with E-state index in [0.29, 0.717) is 30.5 Å². The van der Waals surface area contributed by atoms with Crippen molar-refractivity contribution in [2.24, 2.45) is 5.73 Å². The molecule has 9 heteroatoms. The van der Waals surface area contributed by atoms with Gasteiger partial charge in [0.1, 0.15) is 11.6 Å². The van der Waals surface area contributed by atoms with Crippen LogP contribution in [0.15, 0.2) is 29.4 Å². The Morgan fingerprint density at radius 3 is 2.62 bits per heavy atom. The summed E-state index contributed by atoms with van der Waals surface area (Å²) in [6.07, 6.45) is 0.623. The minimum absolute atomic E-state index is 0.149. The number of amides is 2. The molecule has 1 heterocycles. The Labute approximate surface area is 155 Å². The van der Waals surface area contributed by atoms with Crippen LogP contribution in [0.2, 0.25) is 0 Å². The zero-order valence-electron chi connectivity index (χ0n) is 14.7. The minimum atomic E-state index is -0.390. The van der Waals surface area contributed by atoms with Crippen LogP contribution in [-0.2, 0) is 29.1 Å². The molecule has 1 aromatic heterocycles. The molecule has 0 aliphatic rings. The standard InChI is InChI=1S/C17H22FN5O2S/c1-3-23-15(9-8-14(19)24)21-22-17(23)26-11(2)16(25)20-10-12-4-6-13(18)7-5-12/h4-7,11H,3,8-10H2,1-2H3,(H2,19,24)(H,20,25)/t11-/m0/s1. The molecule has 1 aromatic carbocycles. The first kappa shape index (κ1) is 19.9. The van der Waals surface area contributed by atoms with E-state index in [9.17, 15) is 14.0 Å². The normalized spacial score (nSPS) is 12.0. The second kappa shape index (κ2) is 9.33. The number of nitrogens with two attached hydrogens (primary N) is 1. The number of halogens is 1. The molecular weight excluding hydrogens is 357 g/mol. The summed E-state index contributed by atoms with van der Waals surface area (Å²) < 4.78 is 14.8. The fourth-order valence-corrected chi connectivity index (χ4v) is 3.25. The second-order valence-corrected chi connectivity index (χ2v) is 7.02. The van der Waals surface area contributed by atoms with Crippen LogP contribution < -0.4 is 11.1 Å². The number of nitrogens with one attached hydrogen (secondary N) is 1. The molecule has 7 nitrogen and oxygen atoms in total. The highest BCUT2D eigenvalue weighted by Crippen LogP contribution is 2.23. The first-order valence-corrected chi connectivity index (χ1v) is 9.17. The van der Waals surface area contributed by atoms with Crippen LogP contribution in [0.5, 0.6) is 0 Å². The van der Waals surface area contributed by atoms with E-state index < -0.39 is 5.91 Å². The molecule has 0 fully saturated rings. The fraction of sp³-hybridized carbons (Fsp3) is 0.412. The van der Waals surface area contributed by atoms with Crippen molar-refractivity contribution in [2.45, 2.75) is 50.2 Å². The molecule has 0 saturated heterocycles. The van der Waals surface area contributed by atoms with Crippen LogP contribution in [0.1, 0.15) is 31.7 Å². The van der Waals surface area contributed by atoms with Gasteiger partial charge >= 0.3 is 0 Å². The smallest absolute Gasteiger partial charge is 0.233 e. The number of hydrogen-bond acceptors (Lipinski definition) is 5. The molecule has 2 amide bonds. The molecule has 0 aliphatic carbocycles. The maximum Gasteiger partial charge on any atom is 0.233 e. The highest BCUT2D eigenvalue weighted by molar-refractivity contribution is 8.00. The number of primary amides is 1. The molecule has 0 radical (unpaired) electrons. The van der Waals surface area contributed by atoms with Crippen molar-refractivity contribution in [2.75, 3.05) is 0 Å². The number of carbonyl (C=O) groups excluding carboxylic acids is 2. The van der Waals surface area contributed by atoms with E-state index >= 15 is 0 Å². The molecule has 0 spiro atoms. The van der Waals surface area contributed by atoms with Crippen molar-refractivity contribution in [3.63, 3.8) is 0 Å². The topological polar surface area (TPSA) is 103 Å². The van der Waals surface area contributed by atoms with Crippen LogP contribution >= 0.6 is 11.8 Å². The third-order valence-corrected chi connectivity index (χ3v) is 4.82. The largest absolute Gasteiger partial charge is 0.370 e. The zero-order valence-corrected chi connectivity index (χ0v) is 15.6. The molecule has 0 aliphatic heterocycles. The lowest BCUT2D eigenvalue weighted by Gasteiger charge is -2.12.